The van der Waals surface area contributed by atoms with Crippen molar-refractivity contribution in [2.45, 2.75) is 32.2 Å². The van der Waals surface area contributed by atoms with E-state index in [-0.39, 0.29) is 0 Å². The zero-order chi connectivity index (χ0) is 15.6. The number of benzene rings is 1. The standard InChI is InChI=1S/C20H22N2O/c1-15-4-3-12-22(15)13-9-17-14-19-18(5-2-6-20(19)23-17)16-7-10-21-11-8-16/h2,5-8,10-11,14-15H,3-4,9,12-13H2,1H3/t15-/m1/s1. The van der Waals surface area contributed by atoms with Crippen molar-refractivity contribution < 1.29 is 4.42 Å². The Labute approximate surface area is 136 Å². The number of nitrogens with zero attached hydrogens (tertiary/aromatic N) is 2. The summed E-state index contributed by atoms with van der Waals surface area (Å²) in [6.45, 7) is 4.64. The van der Waals surface area contributed by atoms with E-state index in [0.717, 1.165) is 24.3 Å². The van der Waals surface area contributed by atoms with Crippen LogP contribution in [0.4, 0.5) is 0 Å². The molecule has 23 heavy (non-hydrogen) atoms. The summed E-state index contributed by atoms with van der Waals surface area (Å²) in [7, 11) is 0. The Morgan fingerprint density at radius 3 is 2.87 bits per heavy atom. The first-order chi connectivity index (χ1) is 11.3. The fourth-order valence-electron chi connectivity index (χ4n) is 3.60. The van der Waals surface area contributed by atoms with Gasteiger partial charge in [-0.1, -0.05) is 12.1 Å². The second-order valence-electron chi connectivity index (χ2n) is 6.44. The molecule has 3 nitrogen and oxygen atoms in total. The summed E-state index contributed by atoms with van der Waals surface area (Å²) >= 11 is 0. The highest BCUT2D eigenvalue weighted by molar-refractivity contribution is 5.94. The largest absolute Gasteiger partial charge is 0.461 e. The van der Waals surface area contributed by atoms with Crippen LogP contribution in [0.5, 0.6) is 0 Å². The molecule has 0 amide bonds. The van der Waals surface area contributed by atoms with Crippen molar-refractivity contribution in [2.24, 2.45) is 0 Å². The van der Waals surface area contributed by atoms with Crippen LogP contribution in [-0.4, -0.2) is 29.0 Å². The van der Waals surface area contributed by atoms with Crippen molar-refractivity contribution in [1.29, 1.82) is 0 Å². The molecular weight excluding hydrogens is 284 g/mol. The molecule has 2 aromatic heterocycles. The predicted molar refractivity (Wildman–Crippen MR) is 93.4 cm³/mol. The monoisotopic (exact) mass is 306 g/mol. The average molecular weight is 306 g/mol. The van der Waals surface area contributed by atoms with Gasteiger partial charge in [0.1, 0.15) is 11.3 Å². The predicted octanol–water partition coefficient (Wildman–Crippen LogP) is 4.52. The maximum atomic E-state index is 6.08. The first-order valence-corrected chi connectivity index (χ1v) is 8.47. The van der Waals surface area contributed by atoms with Crippen molar-refractivity contribution in [1.82, 2.24) is 9.88 Å². The quantitative estimate of drug-likeness (QED) is 0.709. The van der Waals surface area contributed by atoms with Crippen LogP contribution in [0, 0.1) is 0 Å². The highest BCUT2D eigenvalue weighted by Crippen LogP contribution is 2.31. The van der Waals surface area contributed by atoms with Gasteiger partial charge in [0.15, 0.2) is 0 Å². The van der Waals surface area contributed by atoms with Crippen molar-refractivity contribution >= 4 is 11.0 Å². The molecule has 0 aliphatic carbocycles. The van der Waals surface area contributed by atoms with E-state index in [1.807, 2.05) is 24.5 Å². The van der Waals surface area contributed by atoms with Gasteiger partial charge in [-0.15, -0.1) is 0 Å². The molecule has 1 aromatic carbocycles. The number of pyridine rings is 1. The molecule has 0 N–H and O–H groups in total. The number of rotatable bonds is 4. The molecule has 1 aliphatic heterocycles. The lowest BCUT2D eigenvalue weighted by Gasteiger charge is -2.19. The zero-order valence-electron chi connectivity index (χ0n) is 13.5. The van der Waals surface area contributed by atoms with E-state index >= 15 is 0 Å². The van der Waals surface area contributed by atoms with Crippen molar-refractivity contribution in [3.8, 4) is 11.1 Å². The van der Waals surface area contributed by atoms with Crippen LogP contribution in [0.2, 0.25) is 0 Å². The van der Waals surface area contributed by atoms with Crippen LogP contribution in [0.1, 0.15) is 25.5 Å². The first kappa shape index (κ1) is 14.5. The third kappa shape index (κ3) is 2.89. The molecule has 1 aliphatic rings. The number of aromatic nitrogens is 1. The Kier molecular flexibility index (Phi) is 3.88. The number of hydrogen-bond donors (Lipinski definition) is 0. The minimum Gasteiger partial charge on any atom is -0.461 e. The van der Waals surface area contributed by atoms with Crippen molar-refractivity contribution in [3.05, 3.63) is 54.6 Å². The van der Waals surface area contributed by atoms with Crippen LogP contribution in [0.3, 0.4) is 0 Å². The minimum atomic E-state index is 0.715. The first-order valence-electron chi connectivity index (χ1n) is 8.47. The molecule has 1 atom stereocenters. The van der Waals surface area contributed by atoms with Crippen LogP contribution in [-0.2, 0) is 6.42 Å². The van der Waals surface area contributed by atoms with Gasteiger partial charge in [-0.05, 0) is 61.7 Å². The third-order valence-electron chi connectivity index (χ3n) is 4.94. The summed E-state index contributed by atoms with van der Waals surface area (Å²) in [6, 6.07) is 13.3. The summed E-state index contributed by atoms with van der Waals surface area (Å²) in [5.74, 6) is 1.08. The third-order valence-corrected chi connectivity index (χ3v) is 4.94. The van der Waals surface area contributed by atoms with E-state index in [4.69, 9.17) is 4.42 Å². The van der Waals surface area contributed by atoms with Crippen molar-refractivity contribution in [2.75, 3.05) is 13.1 Å². The number of furan rings is 1. The van der Waals surface area contributed by atoms with Gasteiger partial charge in [0.05, 0.1) is 0 Å². The van der Waals surface area contributed by atoms with Gasteiger partial charge in [0, 0.05) is 36.8 Å². The van der Waals surface area contributed by atoms with Crippen LogP contribution in [0.15, 0.2) is 53.2 Å². The van der Waals surface area contributed by atoms with Gasteiger partial charge in [0.25, 0.3) is 0 Å². The summed E-state index contributed by atoms with van der Waals surface area (Å²) in [5.41, 5.74) is 3.38. The van der Waals surface area contributed by atoms with E-state index in [2.05, 4.69) is 41.1 Å². The second kappa shape index (κ2) is 6.17. The zero-order valence-corrected chi connectivity index (χ0v) is 13.5. The Morgan fingerprint density at radius 2 is 2.09 bits per heavy atom. The Bertz CT molecular complexity index is 794. The van der Waals surface area contributed by atoms with Crippen LogP contribution in [0.25, 0.3) is 22.1 Å². The van der Waals surface area contributed by atoms with Crippen LogP contribution >= 0.6 is 0 Å². The number of hydrogen-bond acceptors (Lipinski definition) is 3. The molecule has 0 bridgehead atoms. The Hall–Kier alpha value is -2.13. The molecule has 0 unspecified atom stereocenters. The van der Waals surface area contributed by atoms with Gasteiger partial charge in [-0.25, -0.2) is 0 Å². The summed E-state index contributed by atoms with van der Waals surface area (Å²) < 4.78 is 6.08. The average Bonchev–Trinajstić information content (AvgIpc) is 3.19. The van der Waals surface area contributed by atoms with E-state index < -0.39 is 0 Å². The van der Waals surface area contributed by atoms with E-state index in [9.17, 15) is 0 Å². The lowest BCUT2D eigenvalue weighted by atomic mass is 10.0. The summed E-state index contributed by atoms with van der Waals surface area (Å²) in [4.78, 5) is 6.67. The highest BCUT2D eigenvalue weighted by Gasteiger charge is 2.20. The number of likely N-dealkylation sites (tertiary alicyclic amines) is 1. The van der Waals surface area contributed by atoms with Crippen molar-refractivity contribution in [3.63, 3.8) is 0 Å². The minimum absolute atomic E-state index is 0.715. The van der Waals surface area contributed by atoms with Gasteiger partial charge < -0.3 is 9.32 Å². The second-order valence-corrected chi connectivity index (χ2v) is 6.44. The van der Waals surface area contributed by atoms with Gasteiger partial charge >= 0.3 is 0 Å². The molecule has 1 saturated heterocycles. The maximum absolute atomic E-state index is 6.08. The summed E-state index contributed by atoms with van der Waals surface area (Å²) in [5, 5.41) is 1.20. The lowest BCUT2D eigenvalue weighted by molar-refractivity contribution is 0.266. The Morgan fingerprint density at radius 1 is 1.22 bits per heavy atom. The molecule has 3 heteroatoms. The maximum Gasteiger partial charge on any atom is 0.134 e. The SMILES string of the molecule is C[C@@H]1CCCN1CCc1cc2c(-c3ccncc3)cccc2o1. The van der Waals surface area contributed by atoms with Gasteiger partial charge in [-0.3, -0.25) is 4.98 Å². The highest BCUT2D eigenvalue weighted by atomic mass is 16.3. The van der Waals surface area contributed by atoms with Gasteiger partial charge in [-0.2, -0.15) is 0 Å². The normalized spacial score (nSPS) is 18.7. The molecule has 0 saturated carbocycles. The Balaban J connectivity index is 1.60. The van der Waals surface area contributed by atoms with E-state index in [1.165, 1.54) is 35.9 Å². The number of fused-ring (bicyclic) bond motifs is 1. The van der Waals surface area contributed by atoms with Gasteiger partial charge in [0.2, 0.25) is 0 Å². The molecule has 0 spiro atoms. The smallest absolute Gasteiger partial charge is 0.134 e. The molecule has 0 radical (unpaired) electrons. The molecule has 3 aromatic rings. The van der Waals surface area contributed by atoms with E-state index in [1.54, 1.807) is 0 Å². The van der Waals surface area contributed by atoms with Crippen LogP contribution < -0.4 is 0 Å². The summed E-state index contributed by atoms with van der Waals surface area (Å²) in [6.07, 6.45) is 7.31. The lowest BCUT2D eigenvalue weighted by Crippen LogP contribution is -2.28. The van der Waals surface area contributed by atoms with E-state index in [0.29, 0.717) is 6.04 Å². The molecular formula is C20H22N2O. The topological polar surface area (TPSA) is 29.3 Å². The molecule has 1 fully saturated rings. The molecule has 3 heterocycles. The fraction of sp³-hybridized carbons (Fsp3) is 0.350. The molecule has 4 rings (SSSR count). The fourth-order valence-corrected chi connectivity index (χ4v) is 3.60. The molecule has 118 valence electrons.